The summed E-state index contributed by atoms with van der Waals surface area (Å²) in [6.45, 7) is 8.76. The first-order chi connectivity index (χ1) is 9.88. The number of hydrogen-bond donors (Lipinski definition) is 2. The van der Waals surface area contributed by atoms with Crippen LogP contribution in [-0.4, -0.2) is 25.4 Å². The van der Waals surface area contributed by atoms with Crippen molar-refractivity contribution in [2.75, 3.05) is 19.5 Å². The topological polar surface area (TPSA) is 42.5 Å². The summed E-state index contributed by atoms with van der Waals surface area (Å²) in [5.74, 6) is 2.39. The van der Waals surface area contributed by atoms with Crippen LogP contribution in [0.1, 0.15) is 27.7 Å². The fourth-order valence-electron chi connectivity index (χ4n) is 2.34. The van der Waals surface area contributed by atoms with Gasteiger partial charge in [0.15, 0.2) is 16.6 Å². The first-order valence-electron chi connectivity index (χ1n) is 7.18. The number of nitrogens with one attached hydrogen (secondary N) is 2. The molecule has 0 aliphatic rings. The normalized spacial score (nSPS) is 10.9. The fourth-order valence-corrected chi connectivity index (χ4v) is 2.59. The highest BCUT2D eigenvalue weighted by Gasteiger charge is 2.18. The maximum absolute atomic E-state index is 5.40. The van der Waals surface area contributed by atoms with Crippen LogP contribution in [0.25, 0.3) is 0 Å². The Morgan fingerprint density at radius 2 is 1.57 bits per heavy atom. The molecule has 1 aromatic carbocycles. The van der Waals surface area contributed by atoms with E-state index in [1.54, 1.807) is 14.2 Å². The summed E-state index contributed by atoms with van der Waals surface area (Å²) in [6.07, 6.45) is 0. The third-order valence-electron chi connectivity index (χ3n) is 3.38. The smallest absolute Gasteiger partial charge is 0.171 e. The Morgan fingerprint density at radius 3 is 2.05 bits per heavy atom. The molecule has 0 amide bonds. The van der Waals surface area contributed by atoms with Gasteiger partial charge in [0.2, 0.25) is 0 Å². The van der Waals surface area contributed by atoms with E-state index in [2.05, 4.69) is 38.3 Å². The van der Waals surface area contributed by atoms with Crippen LogP contribution in [0, 0.1) is 11.8 Å². The molecular formula is C16H26N2O2S. The van der Waals surface area contributed by atoms with Crippen molar-refractivity contribution >= 4 is 23.0 Å². The van der Waals surface area contributed by atoms with E-state index in [1.165, 1.54) is 0 Å². The number of ether oxygens (including phenoxy) is 2. The highest BCUT2D eigenvalue weighted by atomic mass is 32.1. The van der Waals surface area contributed by atoms with E-state index < -0.39 is 0 Å². The van der Waals surface area contributed by atoms with Gasteiger partial charge in [-0.1, -0.05) is 27.7 Å². The highest BCUT2D eigenvalue weighted by molar-refractivity contribution is 7.80. The first kappa shape index (κ1) is 17.6. The average molecular weight is 310 g/mol. The van der Waals surface area contributed by atoms with Crippen LogP contribution < -0.4 is 20.1 Å². The van der Waals surface area contributed by atoms with E-state index in [-0.39, 0.29) is 0 Å². The Labute approximate surface area is 133 Å². The van der Waals surface area contributed by atoms with E-state index in [4.69, 9.17) is 21.7 Å². The molecule has 0 aliphatic carbocycles. The molecule has 0 spiro atoms. The minimum atomic E-state index is 0.338. The lowest BCUT2D eigenvalue weighted by Crippen LogP contribution is -2.44. The minimum absolute atomic E-state index is 0.338. The van der Waals surface area contributed by atoms with E-state index >= 15 is 0 Å². The van der Waals surface area contributed by atoms with Crippen molar-refractivity contribution < 1.29 is 9.47 Å². The zero-order valence-electron chi connectivity index (χ0n) is 13.7. The van der Waals surface area contributed by atoms with Gasteiger partial charge in [0.1, 0.15) is 0 Å². The van der Waals surface area contributed by atoms with Crippen LogP contribution in [0.2, 0.25) is 0 Å². The fraction of sp³-hybridized carbons (Fsp3) is 0.562. The van der Waals surface area contributed by atoms with Crippen LogP contribution in [0.15, 0.2) is 18.2 Å². The van der Waals surface area contributed by atoms with Gasteiger partial charge < -0.3 is 20.1 Å². The molecule has 1 rings (SSSR count). The summed E-state index contributed by atoms with van der Waals surface area (Å²) in [5, 5.41) is 7.19. The lowest BCUT2D eigenvalue weighted by atomic mass is 9.93. The molecule has 0 aromatic heterocycles. The monoisotopic (exact) mass is 310 g/mol. The standard InChI is InChI=1S/C16H26N2O2S/c1-10(2)15(11(3)4)18-16(21)17-12-7-8-13(19-5)14(9-12)20-6/h7-11,15H,1-6H3,(H2,17,18,21). The Kier molecular flexibility index (Phi) is 6.75. The molecule has 0 unspecified atom stereocenters. The predicted molar refractivity (Wildman–Crippen MR) is 92.4 cm³/mol. The molecule has 0 radical (unpaired) electrons. The molecule has 118 valence electrons. The molecule has 0 fully saturated rings. The van der Waals surface area contributed by atoms with Gasteiger partial charge in [-0.25, -0.2) is 0 Å². The Morgan fingerprint density at radius 1 is 1.00 bits per heavy atom. The molecule has 0 saturated carbocycles. The summed E-state index contributed by atoms with van der Waals surface area (Å²) in [5.41, 5.74) is 0.872. The zero-order chi connectivity index (χ0) is 16.0. The third-order valence-corrected chi connectivity index (χ3v) is 3.60. The molecule has 21 heavy (non-hydrogen) atoms. The van der Waals surface area contributed by atoms with Crippen molar-refractivity contribution in [2.45, 2.75) is 33.7 Å². The molecule has 2 N–H and O–H groups in total. The molecule has 0 heterocycles. The Bertz CT molecular complexity index is 467. The van der Waals surface area contributed by atoms with Gasteiger partial charge in [-0.2, -0.15) is 0 Å². The van der Waals surface area contributed by atoms with Crippen molar-refractivity contribution in [3.63, 3.8) is 0 Å². The third kappa shape index (κ3) is 5.08. The van der Waals surface area contributed by atoms with Gasteiger partial charge >= 0.3 is 0 Å². The molecule has 0 aliphatic heterocycles. The SMILES string of the molecule is COc1ccc(NC(=S)NC(C(C)C)C(C)C)cc1OC. The summed E-state index contributed by atoms with van der Waals surface area (Å²) < 4.78 is 10.5. The number of thiocarbonyl (C=S) groups is 1. The summed E-state index contributed by atoms with van der Waals surface area (Å²) >= 11 is 5.40. The van der Waals surface area contributed by atoms with Crippen LogP contribution in [0.4, 0.5) is 5.69 Å². The van der Waals surface area contributed by atoms with Crippen molar-refractivity contribution in [1.82, 2.24) is 5.32 Å². The summed E-state index contributed by atoms with van der Waals surface area (Å²) in [7, 11) is 3.23. The number of methoxy groups -OCH3 is 2. The van der Waals surface area contributed by atoms with Gasteiger partial charge in [0.05, 0.1) is 14.2 Å². The van der Waals surface area contributed by atoms with E-state index in [0.717, 1.165) is 5.69 Å². The van der Waals surface area contributed by atoms with Crippen LogP contribution in [0.5, 0.6) is 11.5 Å². The molecule has 1 aromatic rings. The van der Waals surface area contributed by atoms with Gasteiger partial charge in [-0.15, -0.1) is 0 Å². The van der Waals surface area contributed by atoms with Crippen LogP contribution >= 0.6 is 12.2 Å². The number of rotatable bonds is 6. The molecule has 0 bridgehead atoms. The lowest BCUT2D eigenvalue weighted by molar-refractivity contribution is 0.354. The maximum Gasteiger partial charge on any atom is 0.171 e. The Balaban J connectivity index is 2.74. The lowest BCUT2D eigenvalue weighted by Gasteiger charge is -2.27. The van der Waals surface area contributed by atoms with E-state index in [1.807, 2.05) is 18.2 Å². The van der Waals surface area contributed by atoms with E-state index in [0.29, 0.717) is 34.5 Å². The highest BCUT2D eigenvalue weighted by Crippen LogP contribution is 2.29. The van der Waals surface area contributed by atoms with Crippen molar-refractivity contribution in [3.8, 4) is 11.5 Å². The van der Waals surface area contributed by atoms with Gasteiger partial charge in [-0.05, 0) is 36.2 Å². The second-order valence-electron chi connectivity index (χ2n) is 5.68. The largest absolute Gasteiger partial charge is 0.493 e. The first-order valence-corrected chi connectivity index (χ1v) is 7.59. The van der Waals surface area contributed by atoms with Crippen LogP contribution in [0.3, 0.4) is 0 Å². The predicted octanol–water partition coefficient (Wildman–Crippen LogP) is 3.67. The molecule has 0 atom stereocenters. The van der Waals surface area contributed by atoms with Crippen molar-refractivity contribution in [2.24, 2.45) is 11.8 Å². The summed E-state index contributed by atoms with van der Waals surface area (Å²) in [4.78, 5) is 0. The second kappa shape index (κ2) is 8.08. The second-order valence-corrected chi connectivity index (χ2v) is 6.09. The quantitative estimate of drug-likeness (QED) is 0.785. The van der Waals surface area contributed by atoms with Crippen molar-refractivity contribution in [3.05, 3.63) is 18.2 Å². The van der Waals surface area contributed by atoms with Gasteiger partial charge in [0, 0.05) is 17.8 Å². The Hall–Kier alpha value is -1.49. The molecule has 0 saturated heterocycles. The zero-order valence-corrected chi connectivity index (χ0v) is 14.5. The molecule has 5 heteroatoms. The van der Waals surface area contributed by atoms with Crippen molar-refractivity contribution in [1.29, 1.82) is 0 Å². The molecular weight excluding hydrogens is 284 g/mol. The van der Waals surface area contributed by atoms with Gasteiger partial charge in [-0.3, -0.25) is 0 Å². The number of anilines is 1. The minimum Gasteiger partial charge on any atom is -0.493 e. The molecule has 4 nitrogen and oxygen atoms in total. The maximum atomic E-state index is 5.40. The van der Waals surface area contributed by atoms with Crippen LogP contribution in [-0.2, 0) is 0 Å². The average Bonchev–Trinajstić information content (AvgIpc) is 2.43. The van der Waals surface area contributed by atoms with Gasteiger partial charge in [0.25, 0.3) is 0 Å². The number of benzene rings is 1. The van der Waals surface area contributed by atoms with E-state index in [9.17, 15) is 0 Å². The number of hydrogen-bond acceptors (Lipinski definition) is 3. The summed E-state index contributed by atoms with van der Waals surface area (Å²) in [6, 6.07) is 5.97.